The van der Waals surface area contributed by atoms with Crippen LogP contribution in [0.25, 0.3) is 10.9 Å². The lowest BCUT2D eigenvalue weighted by Gasteiger charge is -2.44. The normalized spacial score (nSPS) is 11.6. The first-order valence-corrected chi connectivity index (χ1v) is 17.7. The lowest BCUT2D eigenvalue weighted by Crippen LogP contribution is -2.81. The first-order chi connectivity index (χ1) is 29.5. The van der Waals surface area contributed by atoms with Crippen LogP contribution in [-0.2, 0) is 6.54 Å². The zero-order valence-electron chi connectivity index (χ0n) is 30.0. The molecule has 0 amide bonds. The van der Waals surface area contributed by atoms with Crippen LogP contribution in [0, 0.1) is 116 Å². The molecule has 0 unspecified atom stereocenters. The van der Waals surface area contributed by atoms with Crippen LogP contribution in [0.1, 0.15) is 5.56 Å². The molecule has 6 aromatic carbocycles. The van der Waals surface area contributed by atoms with Gasteiger partial charge in [0.1, 0.15) is 52.7 Å². The summed E-state index contributed by atoms with van der Waals surface area (Å²) < 4.78 is 297. The van der Waals surface area contributed by atoms with E-state index in [0.29, 0.717) is 0 Å². The van der Waals surface area contributed by atoms with Crippen molar-refractivity contribution < 1.29 is 92.4 Å². The number of para-hydroxylation sites is 1. The topological polar surface area (TPSA) is 3.88 Å². The smallest absolute Gasteiger partial charge is 0.207 e. The fraction of sp³-hybridized carbons (Fsp3) is 0.0250. The summed E-state index contributed by atoms with van der Waals surface area (Å²) in [6.45, 7) is 0.890. The lowest BCUT2D eigenvalue weighted by molar-refractivity contribution is -0.662. The summed E-state index contributed by atoms with van der Waals surface area (Å²) in [5.74, 6) is -71.4. The molecule has 1 aromatic heterocycles. The van der Waals surface area contributed by atoms with Gasteiger partial charge in [0.2, 0.25) is 5.52 Å². The van der Waals surface area contributed by atoms with E-state index in [0.717, 1.165) is 11.0 Å². The number of fused-ring (bicyclic) bond motifs is 1. The molecule has 0 fully saturated rings. The van der Waals surface area contributed by atoms with Gasteiger partial charge in [-0.2, -0.15) is 4.57 Å². The molecular weight excluding hydrogens is 965 g/mol. The van der Waals surface area contributed by atoms with E-state index >= 15 is 35.1 Å². The van der Waals surface area contributed by atoms with E-state index in [-0.39, 0.29) is 0 Å². The molecule has 1 heterocycles. The molecule has 0 spiro atoms. The van der Waals surface area contributed by atoms with Gasteiger partial charge < -0.3 is 0 Å². The summed E-state index contributed by atoms with van der Waals surface area (Å²) in [6.07, 6.45) is -5.09. The number of hydrogen-bond donors (Lipinski definition) is 0. The van der Waals surface area contributed by atoms with E-state index in [4.69, 9.17) is 0 Å². The second-order valence-corrected chi connectivity index (χ2v) is 14.0. The highest BCUT2D eigenvalue weighted by atomic mass is 79.9. The highest BCUT2D eigenvalue weighted by Crippen LogP contribution is 2.31. The zero-order chi connectivity index (χ0) is 46.7. The van der Waals surface area contributed by atoms with E-state index in [2.05, 4.69) is 81.3 Å². The SMILES string of the molecule is Brc1cccc2ccc[n+](Cc3ccccc3)c12.Fc1c(F)c(F)c([B-](c2c(F)c(F)c(F)c(F)c2F)(c2c(F)c(F)c(F)c(F)c2F)c2c(F)c(F)c(F)c(F)c2F)c(F)c1F. The Bertz CT molecular complexity index is 2610. The number of aromatic nitrogens is 1. The molecule has 7 aromatic rings. The Labute approximate surface area is 346 Å². The minimum atomic E-state index is -7.22. The fourth-order valence-electron chi connectivity index (χ4n) is 7.08. The van der Waals surface area contributed by atoms with Crippen molar-refractivity contribution in [2.75, 3.05) is 0 Å². The Balaban J connectivity index is 0.000000302. The van der Waals surface area contributed by atoms with E-state index < -0.39 is 144 Å². The number of hydrogen-bond acceptors (Lipinski definition) is 0. The first-order valence-electron chi connectivity index (χ1n) is 16.9. The van der Waals surface area contributed by atoms with Crippen molar-refractivity contribution in [3.8, 4) is 0 Å². The zero-order valence-corrected chi connectivity index (χ0v) is 31.6. The number of nitrogens with zero attached hydrogens (tertiary/aromatic N) is 1. The van der Waals surface area contributed by atoms with Crippen LogP contribution < -0.4 is 26.4 Å². The molecule has 0 aliphatic rings. The molecule has 0 saturated carbocycles. The quantitative estimate of drug-likeness (QED) is 0.0514. The number of rotatable bonds is 6. The molecule has 0 aliphatic heterocycles. The van der Waals surface area contributed by atoms with Crippen molar-refractivity contribution in [2.24, 2.45) is 0 Å². The molecule has 0 bridgehead atoms. The van der Waals surface area contributed by atoms with Gasteiger partial charge in [0.15, 0.2) is 82.5 Å². The molecule has 0 atom stereocenters. The molecule has 0 saturated heterocycles. The van der Waals surface area contributed by atoms with Crippen LogP contribution in [0.3, 0.4) is 0 Å². The summed E-state index contributed by atoms with van der Waals surface area (Å²) in [7, 11) is 0. The molecular formula is C40H13BBrF20N. The highest BCUT2D eigenvalue weighted by molar-refractivity contribution is 9.10. The predicted molar refractivity (Wildman–Crippen MR) is 187 cm³/mol. The molecule has 0 aliphatic carbocycles. The van der Waals surface area contributed by atoms with Gasteiger partial charge in [-0.15, -0.1) is 21.9 Å². The third-order valence-electron chi connectivity index (χ3n) is 9.75. The average molecular weight is 978 g/mol. The van der Waals surface area contributed by atoms with Crippen molar-refractivity contribution in [2.45, 2.75) is 6.54 Å². The summed E-state index contributed by atoms with van der Waals surface area (Å²) >= 11 is 3.64. The highest BCUT2D eigenvalue weighted by Gasteiger charge is 2.52. The number of halogens is 21. The van der Waals surface area contributed by atoms with E-state index in [9.17, 15) is 52.7 Å². The van der Waals surface area contributed by atoms with Gasteiger partial charge in [0, 0.05) is 17.0 Å². The van der Waals surface area contributed by atoms with Gasteiger partial charge in [0.25, 0.3) is 0 Å². The van der Waals surface area contributed by atoms with Gasteiger partial charge >= 0.3 is 0 Å². The lowest BCUT2D eigenvalue weighted by atomic mass is 9.12. The second-order valence-electron chi connectivity index (χ2n) is 13.1. The van der Waals surface area contributed by atoms with Gasteiger partial charge in [-0.05, 0) is 34.1 Å². The third-order valence-corrected chi connectivity index (χ3v) is 10.4. The molecule has 0 N–H and O–H groups in total. The first kappa shape index (κ1) is 46.4. The van der Waals surface area contributed by atoms with Crippen molar-refractivity contribution in [3.05, 3.63) is 193 Å². The predicted octanol–water partition coefficient (Wildman–Crippen LogP) is 9.78. The van der Waals surface area contributed by atoms with Crippen LogP contribution in [0.4, 0.5) is 87.8 Å². The Hall–Kier alpha value is -6.13. The van der Waals surface area contributed by atoms with E-state index in [1.165, 1.54) is 16.5 Å². The Morgan fingerprint density at radius 3 is 0.937 bits per heavy atom. The molecule has 1 nitrogen and oxygen atoms in total. The van der Waals surface area contributed by atoms with Crippen LogP contribution in [0.15, 0.2) is 71.3 Å². The molecule has 0 radical (unpaired) electrons. The monoisotopic (exact) mass is 977 g/mol. The van der Waals surface area contributed by atoms with E-state index in [1.54, 1.807) is 0 Å². The summed E-state index contributed by atoms with van der Waals surface area (Å²) in [5, 5.41) is 1.25. The minimum absolute atomic E-state index is 0.890. The van der Waals surface area contributed by atoms with Crippen molar-refractivity contribution in [1.29, 1.82) is 0 Å². The van der Waals surface area contributed by atoms with Crippen LogP contribution in [0.5, 0.6) is 0 Å². The summed E-state index contributed by atoms with van der Waals surface area (Å²) in [6, 6.07) is 21.1. The van der Waals surface area contributed by atoms with Crippen LogP contribution in [0.2, 0.25) is 0 Å². The summed E-state index contributed by atoms with van der Waals surface area (Å²) in [4.78, 5) is 0. The molecule has 63 heavy (non-hydrogen) atoms. The minimum Gasteiger partial charge on any atom is -0.207 e. The molecule has 7 rings (SSSR count). The number of benzene rings is 6. The summed E-state index contributed by atoms with van der Waals surface area (Å²) in [5.41, 5.74) is -11.8. The van der Waals surface area contributed by atoms with E-state index in [1.807, 2.05) is 6.07 Å². The fourth-order valence-corrected chi connectivity index (χ4v) is 7.69. The largest absolute Gasteiger partial charge is 0.227 e. The number of pyridine rings is 1. The van der Waals surface area contributed by atoms with Crippen LogP contribution in [-0.4, -0.2) is 6.15 Å². The van der Waals surface area contributed by atoms with Crippen molar-refractivity contribution in [3.63, 3.8) is 0 Å². The van der Waals surface area contributed by atoms with Crippen LogP contribution >= 0.6 is 15.9 Å². The van der Waals surface area contributed by atoms with Gasteiger partial charge in [-0.25, -0.2) is 87.8 Å². The maximum Gasteiger partial charge on any atom is 0.227 e. The Morgan fingerprint density at radius 2 is 0.619 bits per heavy atom. The van der Waals surface area contributed by atoms with Crippen molar-refractivity contribution >= 4 is 54.8 Å². The van der Waals surface area contributed by atoms with Gasteiger partial charge in [-0.1, -0.05) is 36.4 Å². The average Bonchev–Trinajstić information content (AvgIpc) is 3.27. The van der Waals surface area contributed by atoms with Gasteiger partial charge in [0.05, 0.1) is 4.47 Å². The molecule has 328 valence electrons. The standard InChI is InChI=1S/C24BF20.C16H13BrN/c26-5-1(6(27)14(35)21(42)13(5)34)25(2-7(28)15(36)22(43)16(37)8(2)29,3-9(30)17(38)23(44)18(39)10(3)31)4-11(32)19(40)24(45)20(41)12(4)33;17-15-10-4-8-14-9-5-11-18(16(14)15)12-13-6-2-1-3-7-13/h;1-11H,12H2/q-1;+1. The third kappa shape index (κ3) is 7.22. The van der Waals surface area contributed by atoms with Gasteiger partial charge in [-0.3, -0.25) is 0 Å². The van der Waals surface area contributed by atoms with Crippen molar-refractivity contribution in [1.82, 2.24) is 0 Å². The second kappa shape index (κ2) is 17.2. The maximum atomic E-state index is 15.4. The Morgan fingerprint density at radius 1 is 0.333 bits per heavy atom. The molecule has 23 heteroatoms. The maximum absolute atomic E-state index is 15.4. The Kier molecular flexibility index (Phi) is 12.7.